The normalized spacial score (nSPS) is 11.1. The van der Waals surface area contributed by atoms with E-state index < -0.39 is 0 Å². The van der Waals surface area contributed by atoms with Crippen molar-refractivity contribution in [2.45, 2.75) is 13.3 Å². The number of hydrogen-bond acceptors (Lipinski definition) is 5. The molecule has 2 amide bonds. The molecule has 0 saturated heterocycles. The van der Waals surface area contributed by atoms with Gasteiger partial charge < -0.3 is 15.1 Å². The second-order valence-corrected chi connectivity index (χ2v) is 8.47. The predicted molar refractivity (Wildman–Crippen MR) is 122 cm³/mol. The van der Waals surface area contributed by atoms with Crippen molar-refractivity contribution >= 4 is 56.6 Å². The van der Waals surface area contributed by atoms with Crippen molar-refractivity contribution in [1.82, 2.24) is 20.4 Å². The summed E-state index contributed by atoms with van der Waals surface area (Å²) in [5, 5.41) is 12.0. The van der Waals surface area contributed by atoms with Gasteiger partial charge in [0.05, 0.1) is 32.6 Å². The van der Waals surface area contributed by atoms with Gasteiger partial charge in [-0.05, 0) is 42.8 Å². The fourth-order valence-electron chi connectivity index (χ4n) is 3.06. The van der Waals surface area contributed by atoms with E-state index in [1.165, 1.54) is 17.6 Å². The van der Waals surface area contributed by atoms with Gasteiger partial charge in [-0.25, -0.2) is 4.68 Å². The van der Waals surface area contributed by atoms with Crippen LogP contribution in [0.15, 0.2) is 47.1 Å². The highest BCUT2D eigenvalue weighted by molar-refractivity contribution is 7.20. The molecule has 0 aliphatic carbocycles. The van der Waals surface area contributed by atoms with Crippen molar-refractivity contribution in [2.24, 2.45) is 0 Å². The van der Waals surface area contributed by atoms with Gasteiger partial charge in [-0.3, -0.25) is 9.59 Å². The number of carbonyl (C=O) groups is 2. The highest BCUT2D eigenvalue weighted by Gasteiger charge is 2.18. The Balaban J connectivity index is 1.48. The van der Waals surface area contributed by atoms with E-state index in [4.69, 9.17) is 27.6 Å². The van der Waals surface area contributed by atoms with Crippen LogP contribution in [-0.2, 0) is 6.42 Å². The molecule has 2 N–H and O–H groups in total. The molecule has 0 radical (unpaired) electrons. The lowest BCUT2D eigenvalue weighted by molar-refractivity contribution is 0.0911. The lowest BCUT2D eigenvalue weighted by Gasteiger charge is -2.05. The van der Waals surface area contributed by atoms with Gasteiger partial charge in [-0.2, -0.15) is 5.10 Å². The van der Waals surface area contributed by atoms with Crippen molar-refractivity contribution in [3.8, 4) is 5.69 Å². The van der Waals surface area contributed by atoms with Crippen LogP contribution in [0.1, 0.15) is 32.8 Å². The maximum absolute atomic E-state index is 12.6. The van der Waals surface area contributed by atoms with Gasteiger partial charge in [-0.15, -0.1) is 11.3 Å². The Morgan fingerprint density at radius 1 is 1.10 bits per heavy atom. The van der Waals surface area contributed by atoms with Crippen molar-refractivity contribution in [3.63, 3.8) is 0 Å². The molecular weight excluding hydrogens is 459 g/mol. The second-order valence-electron chi connectivity index (χ2n) is 6.63. The molecule has 0 fully saturated rings. The fraction of sp³-hybridized carbons (Fsp3) is 0.190. The molecule has 3 aromatic heterocycles. The summed E-state index contributed by atoms with van der Waals surface area (Å²) in [6.07, 6.45) is 2.16. The molecule has 0 saturated carbocycles. The van der Waals surface area contributed by atoms with Crippen LogP contribution in [0.5, 0.6) is 0 Å². The first-order valence-corrected chi connectivity index (χ1v) is 11.1. The number of hydrogen-bond donors (Lipinski definition) is 2. The minimum absolute atomic E-state index is 0.212. The summed E-state index contributed by atoms with van der Waals surface area (Å²) in [5.74, 6) is -0.304. The Hall–Kier alpha value is -2.81. The molecule has 4 aromatic rings. The number of amides is 2. The van der Waals surface area contributed by atoms with Crippen LogP contribution in [0.3, 0.4) is 0 Å². The average Bonchev–Trinajstić information content (AvgIpc) is 3.49. The lowest BCUT2D eigenvalue weighted by Crippen LogP contribution is -2.34. The van der Waals surface area contributed by atoms with Gasteiger partial charge in [0.2, 0.25) is 0 Å². The molecule has 1 aromatic carbocycles. The van der Waals surface area contributed by atoms with E-state index in [2.05, 4.69) is 15.7 Å². The topological polar surface area (TPSA) is 89.2 Å². The standard InChI is InChI=1S/C21H18Cl2N4O3S/c1-2-16-13-11-18(20(29)25-8-7-24-19(28)17-4-3-9-30-17)31-21(13)27(26-16)12-5-6-14(22)15(23)10-12/h3-6,9-11H,2,7-8H2,1H3,(H,24,28)(H,25,29). The highest BCUT2D eigenvalue weighted by atomic mass is 35.5. The van der Waals surface area contributed by atoms with Crippen LogP contribution in [0.4, 0.5) is 0 Å². The number of nitrogens with one attached hydrogen (secondary N) is 2. The molecule has 3 heterocycles. The summed E-state index contributed by atoms with van der Waals surface area (Å²) in [5.41, 5.74) is 1.66. The fourth-order valence-corrected chi connectivity index (χ4v) is 4.43. The van der Waals surface area contributed by atoms with E-state index in [9.17, 15) is 9.59 Å². The summed E-state index contributed by atoms with van der Waals surface area (Å²) in [6.45, 7) is 2.59. The number of rotatable bonds is 7. The van der Waals surface area contributed by atoms with Crippen molar-refractivity contribution in [2.75, 3.05) is 13.1 Å². The zero-order valence-electron chi connectivity index (χ0n) is 16.4. The Morgan fingerprint density at radius 2 is 1.87 bits per heavy atom. The van der Waals surface area contributed by atoms with E-state index in [0.717, 1.165) is 28.0 Å². The number of aryl methyl sites for hydroxylation is 1. The molecule has 0 spiro atoms. The Bertz CT molecular complexity index is 1250. The van der Waals surface area contributed by atoms with Gasteiger partial charge in [-0.1, -0.05) is 30.1 Å². The molecule has 0 unspecified atom stereocenters. The first-order valence-electron chi connectivity index (χ1n) is 9.54. The lowest BCUT2D eigenvalue weighted by atomic mass is 10.2. The van der Waals surface area contributed by atoms with E-state index in [1.807, 2.05) is 19.1 Å². The number of fused-ring (bicyclic) bond motifs is 1. The monoisotopic (exact) mass is 476 g/mol. The molecule has 160 valence electrons. The minimum Gasteiger partial charge on any atom is -0.459 e. The molecule has 31 heavy (non-hydrogen) atoms. The molecule has 0 atom stereocenters. The third kappa shape index (κ3) is 4.46. The summed E-state index contributed by atoms with van der Waals surface area (Å²) >= 11 is 13.5. The van der Waals surface area contributed by atoms with Crippen LogP contribution in [0, 0.1) is 0 Å². The first-order chi connectivity index (χ1) is 15.0. The Morgan fingerprint density at radius 3 is 2.55 bits per heavy atom. The van der Waals surface area contributed by atoms with Crippen LogP contribution in [0.2, 0.25) is 10.0 Å². The molecule has 0 aliphatic rings. The zero-order chi connectivity index (χ0) is 22.0. The average molecular weight is 477 g/mol. The van der Waals surface area contributed by atoms with Crippen molar-refractivity contribution < 1.29 is 14.0 Å². The van der Waals surface area contributed by atoms with E-state index in [-0.39, 0.29) is 24.1 Å². The molecule has 4 rings (SSSR count). The summed E-state index contributed by atoms with van der Waals surface area (Å²) in [6, 6.07) is 10.4. The smallest absolute Gasteiger partial charge is 0.287 e. The van der Waals surface area contributed by atoms with Gasteiger partial charge in [0.25, 0.3) is 11.8 Å². The molecule has 7 nitrogen and oxygen atoms in total. The number of furan rings is 1. The summed E-state index contributed by atoms with van der Waals surface area (Å²) in [4.78, 5) is 25.9. The highest BCUT2D eigenvalue weighted by Crippen LogP contribution is 2.32. The quantitative estimate of drug-likeness (QED) is 0.378. The molecular formula is C21H18Cl2N4O3S. The number of nitrogens with zero attached hydrogens (tertiary/aromatic N) is 2. The van der Waals surface area contributed by atoms with Crippen LogP contribution >= 0.6 is 34.5 Å². The van der Waals surface area contributed by atoms with Crippen LogP contribution in [-0.4, -0.2) is 34.7 Å². The first kappa shape index (κ1) is 21.4. The number of thiophene rings is 1. The van der Waals surface area contributed by atoms with E-state index in [0.29, 0.717) is 21.5 Å². The Kier molecular flexibility index (Phi) is 6.31. The van der Waals surface area contributed by atoms with Crippen LogP contribution < -0.4 is 10.6 Å². The predicted octanol–water partition coefficient (Wildman–Crippen LogP) is 4.71. The second kappa shape index (κ2) is 9.13. The SMILES string of the molecule is CCc1nn(-c2ccc(Cl)c(Cl)c2)c2sc(C(=O)NCCNC(=O)c3ccco3)cc12. The number of aromatic nitrogens is 2. The van der Waals surface area contributed by atoms with Crippen LogP contribution in [0.25, 0.3) is 15.9 Å². The minimum atomic E-state index is -0.324. The molecule has 10 heteroatoms. The largest absolute Gasteiger partial charge is 0.459 e. The van der Waals surface area contributed by atoms with Gasteiger partial charge in [0.15, 0.2) is 5.76 Å². The van der Waals surface area contributed by atoms with Crippen molar-refractivity contribution in [1.29, 1.82) is 0 Å². The van der Waals surface area contributed by atoms with Gasteiger partial charge >= 0.3 is 0 Å². The van der Waals surface area contributed by atoms with Gasteiger partial charge in [0, 0.05) is 18.5 Å². The van der Waals surface area contributed by atoms with Gasteiger partial charge in [0.1, 0.15) is 4.83 Å². The summed E-state index contributed by atoms with van der Waals surface area (Å²) < 4.78 is 6.81. The number of carbonyl (C=O) groups excluding carboxylic acids is 2. The van der Waals surface area contributed by atoms with E-state index in [1.54, 1.807) is 28.9 Å². The number of halogens is 2. The zero-order valence-corrected chi connectivity index (χ0v) is 18.8. The molecule has 0 aliphatic heterocycles. The third-order valence-corrected chi connectivity index (χ3v) is 6.43. The third-order valence-electron chi connectivity index (χ3n) is 4.58. The maximum atomic E-state index is 12.6. The Labute approximate surface area is 191 Å². The molecule has 0 bridgehead atoms. The van der Waals surface area contributed by atoms with E-state index >= 15 is 0 Å². The maximum Gasteiger partial charge on any atom is 0.287 e. The van der Waals surface area contributed by atoms with Crippen molar-refractivity contribution in [3.05, 3.63) is 69.0 Å². The summed E-state index contributed by atoms with van der Waals surface area (Å²) in [7, 11) is 0. The number of benzene rings is 1.